The lowest BCUT2D eigenvalue weighted by Gasteiger charge is -2.11. The highest BCUT2D eigenvalue weighted by atomic mass is 35.5. The van der Waals surface area contributed by atoms with Gasteiger partial charge in [-0.2, -0.15) is 16.9 Å². The average molecular weight is 376 g/mol. The van der Waals surface area contributed by atoms with Crippen molar-refractivity contribution in [3.8, 4) is 5.69 Å². The van der Waals surface area contributed by atoms with E-state index in [2.05, 4.69) is 10.4 Å². The lowest BCUT2D eigenvalue weighted by Crippen LogP contribution is -2.17. The molecule has 7 heteroatoms. The zero-order chi connectivity index (χ0) is 16.5. The Labute approximate surface area is 152 Å². The van der Waals surface area contributed by atoms with E-state index in [4.69, 9.17) is 11.6 Å². The first-order valence-electron chi connectivity index (χ1n) is 7.47. The molecule has 0 aliphatic carbocycles. The van der Waals surface area contributed by atoms with Gasteiger partial charge in [0.05, 0.1) is 17.8 Å². The number of nitrogens with zero attached hydrogens (tertiary/aromatic N) is 2. The Kier molecular flexibility index (Phi) is 4.35. The van der Waals surface area contributed by atoms with Gasteiger partial charge in [0.1, 0.15) is 5.82 Å². The third-order valence-corrected chi connectivity index (χ3v) is 5.86. The molecule has 24 heavy (non-hydrogen) atoms. The first-order chi connectivity index (χ1) is 11.7. The number of carbonyl (C=O) groups is 1. The second kappa shape index (κ2) is 6.63. The predicted molar refractivity (Wildman–Crippen MR) is 100 cm³/mol. The van der Waals surface area contributed by atoms with Gasteiger partial charge in [0, 0.05) is 27.0 Å². The minimum atomic E-state index is -0.0275. The van der Waals surface area contributed by atoms with Gasteiger partial charge in [-0.15, -0.1) is 11.3 Å². The molecule has 1 aliphatic rings. The van der Waals surface area contributed by atoms with Crippen LogP contribution in [0, 0.1) is 0 Å². The number of amides is 1. The summed E-state index contributed by atoms with van der Waals surface area (Å²) < 4.78 is 1.79. The van der Waals surface area contributed by atoms with E-state index in [1.165, 1.54) is 0 Å². The molecule has 4 nitrogen and oxygen atoms in total. The van der Waals surface area contributed by atoms with Crippen LogP contribution in [0.25, 0.3) is 5.69 Å². The SMILES string of the molecule is O=C(Cc1cccs1)Nc1c2c(nn1-c1cccc(Cl)c1)CSC2. The molecule has 1 aromatic carbocycles. The lowest BCUT2D eigenvalue weighted by atomic mass is 10.2. The minimum Gasteiger partial charge on any atom is -0.310 e. The summed E-state index contributed by atoms with van der Waals surface area (Å²) in [7, 11) is 0. The maximum atomic E-state index is 12.4. The molecular formula is C17H14ClN3OS2. The van der Waals surface area contributed by atoms with Crippen LogP contribution in [0.1, 0.15) is 16.1 Å². The topological polar surface area (TPSA) is 46.9 Å². The summed E-state index contributed by atoms with van der Waals surface area (Å²) in [5.74, 6) is 2.47. The zero-order valence-electron chi connectivity index (χ0n) is 12.7. The van der Waals surface area contributed by atoms with Crippen molar-refractivity contribution in [2.45, 2.75) is 17.9 Å². The number of fused-ring (bicyclic) bond motifs is 1. The first kappa shape index (κ1) is 15.7. The number of hydrogen-bond acceptors (Lipinski definition) is 4. The van der Waals surface area contributed by atoms with Crippen molar-refractivity contribution in [3.63, 3.8) is 0 Å². The molecule has 1 aliphatic heterocycles. The number of thiophene rings is 1. The first-order valence-corrected chi connectivity index (χ1v) is 9.88. The number of halogens is 1. The van der Waals surface area contributed by atoms with Crippen molar-refractivity contribution in [1.29, 1.82) is 0 Å². The fourth-order valence-corrected chi connectivity index (χ4v) is 4.61. The molecule has 0 fully saturated rings. The van der Waals surface area contributed by atoms with Crippen LogP contribution in [0.4, 0.5) is 5.82 Å². The summed E-state index contributed by atoms with van der Waals surface area (Å²) in [5.41, 5.74) is 3.00. The van der Waals surface area contributed by atoms with E-state index >= 15 is 0 Å². The normalized spacial score (nSPS) is 13.0. The van der Waals surface area contributed by atoms with Crippen LogP contribution in [0.3, 0.4) is 0 Å². The molecule has 0 saturated carbocycles. The maximum absolute atomic E-state index is 12.4. The summed E-state index contributed by atoms with van der Waals surface area (Å²) in [5, 5.41) is 10.4. The summed E-state index contributed by atoms with van der Waals surface area (Å²) in [6.07, 6.45) is 0.375. The van der Waals surface area contributed by atoms with Gasteiger partial charge < -0.3 is 5.32 Å². The Balaban J connectivity index is 1.67. The molecule has 122 valence electrons. The molecule has 0 bridgehead atoms. The zero-order valence-corrected chi connectivity index (χ0v) is 15.0. The van der Waals surface area contributed by atoms with E-state index in [0.717, 1.165) is 39.1 Å². The summed E-state index contributed by atoms with van der Waals surface area (Å²) >= 11 is 9.51. The minimum absolute atomic E-state index is 0.0275. The number of anilines is 1. The van der Waals surface area contributed by atoms with Crippen molar-refractivity contribution in [1.82, 2.24) is 9.78 Å². The number of benzene rings is 1. The van der Waals surface area contributed by atoms with Gasteiger partial charge in [0.15, 0.2) is 0 Å². The van der Waals surface area contributed by atoms with Crippen molar-refractivity contribution < 1.29 is 4.79 Å². The number of rotatable bonds is 4. The highest BCUT2D eigenvalue weighted by Crippen LogP contribution is 2.36. The Morgan fingerprint density at radius 3 is 3.00 bits per heavy atom. The molecule has 0 unspecified atom stereocenters. The quantitative estimate of drug-likeness (QED) is 0.729. The predicted octanol–water partition coefficient (Wildman–Crippen LogP) is 4.52. The van der Waals surface area contributed by atoms with Crippen LogP contribution in [-0.4, -0.2) is 15.7 Å². The van der Waals surface area contributed by atoms with E-state index in [-0.39, 0.29) is 5.91 Å². The van der Waals surface area contributed by atoms with Gasteiger partial charge in [-0.3, -0.25) is 4.79 Å². The summed E-state index contributed by atoms with van der Waals surface area (Å²) in [4.78, 5) is 13.5. The summed E-state index contributed by atoms with van der Waals surface area (Å²) in [6, 6.07) is 11.4. The number of nitrogens with one attached hydrogen (secondary N) is 1. The van der Waals surface area contributed by atoms with Gasteiger partial charge in [0.2, 0.25) is 5.91 Å². The standard InChI is InChI=1S/C17H14ClN3OS2/c18-11-3-1-4-12(7-11)21-17(14-9-23-10-15(14)20-21)19-16(22)8-13-5-2-6-24-13/h1-7H,8-10H2,(H,19,22). The van der Waals surface area contributed by atoms with Crippen LogP contribution in [-0.2, 0) is 22.7 Å². The molecule has 3 aromatic rings. The van der Waals surface area contributed by atoms with E-state index in [9.17, 15) is 4.79 Å². The van der Waals surface area contributed by atoms with E-state index < -0.39 is 0 Å². The number of thioether (sulfide) groups is 1. The highest BCUT2D eigenvalue weighted by Gasteiger charge is 2.24. The van der Waals surface area contributed by atoms with Gasteiger partial charge in [0.25, 0.3) is 0 Å². The van der Waals surface area contributed by atoms with Gasteiger partial charge in [-0.25, -0.2) is 4.68 Å². The smallest absolute Gasteiger partial charge is 0.230 e. The highest BCUT2D eigenvalue weighted by molar-refractivity contribution is 7.98. The van der Waals surface area contributed by atoms with Crippen molar-refractivity contribution in [2.75, 3.05) is 5.32 Å². The van der Waals surface area contributed by atoms with Gasteiger partial charge >= 0.3 is 0 Å². The van der Waals surface area contributed by atoms with Crippen LogP contribution >= 0.6 is 34.7 Å². The molecule has 0 atom stereocenters. The second-order valence-corrected chi connectivity index (χ2v) is 7.92. The van der Waals surface area contributed by atoms with Gasteiger partial charge in [-0.1, -0.05) is 23.7 Å². The molecule has 0 saturated heterocycles. The third kappa shape index (κ3) is 3.09. The molecular weight excluding hydrogens is 362 g/mol. The lowest BCUT2D eigenvalue weighted by molar-refractivity contribution is -0.115. The van der Waals surface area contributed by atoms with Crippen LogP contribution < -0.4 is 5.32 Å². The molecule has 0 radical (unpaired) electrons. The van der Waals surface area contributed by atoms with E-state index in [1.54, 1.807) is 16.0 Å². The Morgan fingerprint density at radius 2 is 2.21 bits per heavy atom. The largest absolute Gasteiger partial charge is 0.310 e. The Morgan fingerprint density at radius 1 is 1.29 bits per heavy atom. The fourth-order valence-electron chi connectivity index (χ4n) is 2.68. The molecule has 0 spiro atoms. The molecule has 1 N–H and O–H groups in total. The second-order valence-electron chi connectivity index (χ2n) is 5.46. The number of aromatic nitrogens is 2. The molecule has 2 aromatic heterocycles. The maximum Gasteiger partial charge on any atom is 0.230 e. The molecule has 4 rings (SSSR count). The third-order valence-electron chi connectivity index (χ3n) is 3.78. The Hall–Kier alpha value is -1.76. The summed E-state index contributed by atoms with van der Waals surface area (Å²) in [6.45, 7) is 0. The van der Waals surface area contributed by atoms with E-state index in [0.29, 0.717) is 11.4 Å². The van der Waals surface area contributed by atoms with Crippen molar-refractivity contribution >= 4 is 46.4 Å². The number of carbonyl (C=O) groups excluding carboxylic acids is 1. The average Bonchev–Trinajstić information content (AvgIpc) is 3.26. The number of hydrogen-bond donors (Lipinski definition) is 1. The van der Waals surface area contributed by atoms with Gasteiger partial charge in [-0.05, 0) is 29.6 Å². The molecule has 3 heterocycles. The van der Waals surface area contributed by atoms with Crippen LogP contribution in [0.2, 0.25) is 5.02 Å². The van der Waals surface area contributed by atoms with Crippen molar-refractivity contribution in [3.05, 3.63) is 62.9 Å². The van der Waals surface area contributed by atoms with Crippen LogP contribution in [0.15, 0.2) is 41.8 Å². The fraction of sp³-hybridized carbons (Fsp3) is 0.176. The van der Waals surface area contributed by atoms with E-state index in [1.807, 2.05) is 53.5 Å². The Bertz CT molecular complexity index is 889. The van der Waals surface area contributed by atoms with Crippen LogP contribution in [0.5, 0.6) is 0 Å². The molecule has 1 amide bonds. The van der Waals surface area contributed by atoms with Crippen molar-refractivity contribution in [2.24, 2.45) is 0 Å². The monoisotopic (exact) mass is 375 g/mol.